The highest BCUT2D eigenvalue weighted by Crippen LogP contribution is 2.13. The fraction of sp³-hybridized carbons (Fsp3) is 0.867. The number of ether oxygens (including phenoxy) is 2. The van der Waals surface area contributed by atoms with Gasteiger partial charge in [0.1, 0.15) is 0 Å². The Hall–Kier alpha value is -0.500. The normalized spacial score (nSPS) is 19.2. The number of unbranched alkanes of at least 4 members (excludes halogenated alkanes) is 7. The molecular formula is C15H28O2. The van der Waals surface area contributed by atoms with Crippen molar-refractivity contribution in [1.82, 2.24) is 0 Å². The molecule has 0 aliphatic carbocycles. The van der Waals surface area contributed by atoms with Gasteiger partial charge in [-0.05, 0) is 18.9 Å². The number of allylic oxidation sites excluding steroid dienone is 1. The Bertz CT molecular complexity index is 189. The first kappa shape index (κ1) is 14.6. The van der Waals surface area contributed by atoms with E-state index in [-0.39, 0.29) is 6.29 Å². The molecular weight excluding hydrogens is 212 g/mol. The molecule has 0 saturated heterocycles. The molecule has 1 aliphatic heterocycles. The summed E-state index contributed by atoms with van der Waals surface area (Å²) in [5.74, 6) is 0. The van der Waals surface area contributed by atoms with Gasteiger partial charge in [-0.3, -0.25) is 0 Å². The molecule has 0 spiro atoms. The predicted octanol–water partition coefficient (Wildman–Crippen LogP) is 4.79. The molecule has 2 nitrogen and oxygen atoms in total. The molecule has 0 aromatic heterocycles. The van der Waals surface area contributed by atoms with Crippen LogP contribution in [-0.4, -0.2) is 12.9 Å². The Morgan fingerprint density at radius 1 is 1.06 bits per heavy atom. The number of hydrogen-bond acceptors (Lipinski definition) is 2. The van der Waals surface area contributed by atoms with Crippen LogP contribution < -0.4 is 0 Å². The first-order valence-corrected chi connectivity index (χ1v) is 7.35. The first-order chi connectivity index (χ1) is 8.43. The van der Waals surface area contributed by atoms with E-state index in [0.717, 1.165) is 19.4 Å². The molecule has 0 amide bonds. The van der Waals surface area contributed by atoms with Crippen LogP contribution in [0.25, 0.3) is 0 Å². The summed E-state index contributed by atoms with van der Waals surface area (Å²) in [4.78, 5) is 0. The summed E-state index contributed by atoms with van der Waals surface area (Å²) in [6.45, 7) is 3.12. The van der Waals surface area contributed by atoms with Crippen LogP contribution in [0.1, 0.15) is 71.1 Å². The van der Waals surface area contributed by atoms with Crippen LogP contribution in [0.3, 0.4) is 0 Å². The topological polar surface area (TPSA) is 18.5 Å². The maximum atomic E-state index is 5.65. The second kappa shape index (κ2) is 10.6. The molecule has 1 atom stereocenters. The SMILES string of the molecule is CCCCCCCCCCO[C@H]1CCC=CO1. The minimum absolute atomic E-state index is 0.0181. The third kappa shape index (κ3) is 8.25. The molecule has 0 unspecified atom stereocenters. The van der Waals surface area contributed by atoms with Crippen LogP contribution in [0.4, 0.5) is 0 Å². The molecule has 1 heterocycles. The molecule has 1 aliphatic rings. The van der Waals surface area contributed by atoms with Gasteiger partial charge in [0.05, 0.1) is 12.9 Å². The van der Waals surface area contributed by atoms with E-state index in [4.69, 9.17) is 9.47 Å². The molecule has 100 valence electrons. The third-order valence-corrected chi connectivity index (χ3v) is 3.20. The van der Waals surface area contributed by atoms with Crippen LogP contribution in [-0.2, 0) is 9.47 Å². The number of rotatable bonds is 10. The highest BCUT2D eigenvalue weighted by Gasteiger charge is 2.09. The van der Waals surface area contributed by atoms with Gasteiger partial charge in [0.15, 0.2) is 6.29 Å². The van der Waals surface area contributed by atoms with E-state index >= 15 is 0 Å². The molecule has 17 heavy (non-hydrogen) atoms. The van der Waals surface area contributed by atoms with Gasteiger partial charge in [-0.25, -0.2) is 0 Å². The fourth-order valence-corrected chi connectivity index (χ4v) is 2.08. The van der Waals surface area contributed by atoms with Crippen LogP contribution >= 0.6 is 0 Å². The summed E-state index contributed by atoms with van der Waals surface area (Å²) in [6, 6.07) is 0. The largest absolute Gasteiger partial charge is 0.473 e. The molecule has 0 saturated carbocycles. The van der Waals surface area contributed by atoms with Crippen molar-refractivity contribution in [1.29, 1.82) is 0 Å². The van der Waals surface area contributed by atoms with Crippen LogP contribution in [0.15, 0.2) is 12.3 Å². The van der Waals surface area contributed by atoms with Crippen molar-refractivity contribution in [3.63, 3.8) is 0 Å². The van der Waals surface area contributed by atoms with E-state index in [1.807, 2.05) is 0 Å². The van der Waals surface area contributed by atoms with E-state index in [1.165, 1.54) is 51.4 Å². The lowest BCUT2D eigenvalue weighted by atomic mass is 10.1. The molecule has 0 radical (unpaired) electrons. The van der Waals surface area contributed by atoms with Crippen molar-refractivity contribution < 1.29 is 9.47 Å². The van der Waals surface area contributed by atoms with Crippen molar-refractivity contribution in [2.24, 2.45) is 0 Å². The monoisotopic (exact) mass is 240 g/mol. The highest BCUT2D eigenvalue weighted by molar-refractivity contribution is 4.79. The third-order valence-electron chi connectivity index (χ3n) is 3.20. The predicted molar refractivity (Wildman–Crippen MR) is 71.8 cm³/mol. The van der Waals surface area contributed by atoms with Crippen LogP contribution in [0.2, 0.25) is 0 Å². The van der Waals surface area contributed by atoms with Crippen molar-refractivity contribution in [3.05, 3.63) is 12.3 Å². The van der Waals surface area contributed by atoms with Crippen LogP contribution in [0.5, 0.6) is 0 Å². The molecule has 0 aromatic carbocycles. The van der Waals surface area contributed by atoms with Gasteiger partial charge < -0.3 is 9.47 Å². The van der Waals surface area contributed by atoms with E-state index in [0.29, 0.717) is 0 Å². The molecule has 0 N–H and O–H groups in total. The lowest BCUT2D eigenvalue weighted by Crippen LogP contribution is -2.17. The average Bonchev–Trinajstić information content (AvgIpc) is 2.38. The van der Waals surface area contributed by atoms with E-state index < -0.39 is 0 Å². The second-order valence-electron chi connectivity index (χ2n) is 4.86. The Morgan fingerprint density at radius 3 is 2.41 bits per heavy atom. The summed E-state index contributed by atoms with van der Waals surface area (Å²) in [6.07, 6.45) is 16.7. The molecule has 2 heteroatoms. The van der Waals surface area contributed by atoms with Gasteiger partial charge in [-0.1, -0.05) is 51.9 Å². The van der Waals surface area contributed by atoms with Gasteiger partial charge in [0.2, 0.25) is 0 Å². The average molecular weight is 240 g/mol. The summed E-state index contributed by atoms with van der Waals surface area (Å²) in [5.41, 5.74) is 0. The summed E-state index contributed by atoms with van der Waals surface area (Å²) >= 11 is 0. The molecule has 0 aromatic rings. The van der Waals surface area contributed by atoms with E-state index in [1.54, 1.807) is 6.26 Å². The van der Waals surface area contributed by atoms with Crippen molar-refractivity contribution in [2.45, 2.75) is 77.4 Å². The van der Waals surface area contributed by atoms with Gasteiger partial charge in [-0.2, -0.15) is 0 Å². The zero-order valence-electron chi connectivity index (χ0n) is 11.3. The standard InChI is InChI=1S/C15H28O2/c1-2-3-4-5-6-7-8-10-13-16-15-12-9-11-14-17-15/h11,14-15H,2-10,12-13H2,1H3/t15-/m1/s1. The summed E-state index contributed by atoms with van der Waals surface area (Å²) in [5, 5.41) is 0. The lowest BCUT2D eigenvalue weighted by molar-refractivity contribution is -0.115. The first-order valence-electron chi connectivity index (χ1n) is 7.35. The van der Waals surface area contributed by atoms with Gasteiger partial charge >= 0.3 is 0 Å². The maximum absolute atomic E-state index is 5.65. The molecule has 0 bridgehead atoms. The molecule has 0 fully saturated rings. The van der Waals surface area contributed by atoms with Crippen molar-refractivity contribution in [3.8, 4) is 0 Å². The second-order valence-corrected chi connectivity index (χ2v) is 4.86. The molecule has 1 rings (SSSR count). The smallest absolute Gasteiger partial charge is 0.199 e. The summed E-state index contributed by atoms with van der Waals surface area (Å²) in [7, 11) is 0. The Kier molecular flexibility index (Phi) is 9.11. The van der Waals surface area contributed by atoms with E-state index in [9.17, 15) is 0 Å². The Balaban J connectivity index is 1.76. The van der Waals surface area contributed by atoms with Gasteiger partial charge in [-0.15, -0.1) is 0 Å². The minimum Gasteiger partial charge on any atom is -0.473 e. The van der Waals surface area contributed by atoms with Crippen molar-refractivity contribution >= 4 is 0 Å². The van der Waals surface area contributed by atoms with E-state index in [2.05, 4.69) is 13.0 Å². The van der Waals surface area contributed by atoms with Crippen LogP contribution in [0, 0.1) is 0 Å². The van der Waals surface area contributed by atoms with Gasteiger partial charge in [0.25, 0.3) is 0 Å². The fourth-order valence-electron chi connectivity index (χ4n) is 2.08. The lowest BCUT2D eigenvalue weighted by Gasteiger charge is -2.19. The summed E-state index contributed by atoms with van der Waals surface area (Å²) < 4.78 is 11.0. The van der Waals surface area contributed by atoms with Crippen molar-refractivity contribution in [2.75, 3.05) is 6.61 Å². The zero-order valence-corrected chi connectivity index (χ0v) is 11.3. The number of hydrogen-bond donors (Lipinski definition) is 0. The Labute approximate surface area is 106 Å². The quantitative estimate of drug-likeness (QED) is 0.511. The maximum Gasteiger partial charge on any atom is 0.199 e. The zero-order chi connectivity index (χ0) is 12.2. The Morgan fingerprint density at radius 2 is 1.76 bits per heavy atom. The van der Waals surface area contributed by atoms with Gasteiger partial charge in [0, 0.05) is 6.42 Å². The minimum atomic E-state index is 0.0181. The highest BCUT2D eigenvalue weighted by atomic mass is 16.7.